The molecule has 0 unspecified atom stereocenters. The lowest BCUT2D eigenvalue weighted by Crippen LogP contribution is -2.32. The molecule has 2 N–H and O–H groups in total. The van der Waals surface area contributed by atoms with E-state index in [0.717, 1.165) is 16.9 Å². The number of hydrogen-bond donors (Lipinski definition) is 2. The number of benzene rings is 3. The number of aryl methyl sites for hydroxylation is 1. The summed E-state index contributed by atoms with van der Waals surface area (Å²) in [5, 5.41) is 5.52. The minimum atomic E-state index is -0.590. The fourth-order valence-corrected chi connectivity index (χ4v) is 3.69. The molecule has 0 saturated heterocycles. The van der Waals surface area contributed by atoms with Crippen LogP contribution < -0.4 is 20.3 Å². The maximum absolute atomic E-state index is 12.9. The average Bonchev–Trinajstić information content (AvgIpc) is 3.07. The molecule has 1 aliphatic rings. The van der Waals surface area contributed by atoms with Gasteiger partial charge in [0.05, 0.1) is 12.8 Å². The molecule has 3 aromatic rings. The summed E-state index contributed by atoms with van der Waals surface area (Å²) in [5.41, 5.74) is 3.06. The van der Waals surface area contributed by atoms with Crippen LogP contribution in [0.4, 0.5) is 17.1 Å². The van der Waals surface area contributed by atoms with Gasteiger partial charge in [-0.25, -0.2) is 4.90 Å². The van der Waals surface area contributed by atoms with Gasteiger partial charge in [-0.3, -0.25) is 14.4 Å². The van der Waals surface area contributed by atoms with E-state index in [0.29, 0.717) is 28.4 Å². The predicted octanol–water partition coefficient (Wildman–Crippen LogP) is 4.95. The lowest BCUT2D eigenvalue weighted by atomic mass is 10.1. The summed E-state index contributed by atoms with van der Waals surface area (Å²) in [6, 6.07) is 20.7. The molecule has 34 heavy (non-hydrogen) atoms. The van der Waals surface area contributed by atoms with Gasteiger partial charge < -0.3 is 15.4 Å². The van der Waals surface area contributed by atoms with E-state index >= 15 is 0 Å². The van der Waals surface area contributed by atoms with Gasteiger partial charge in [0.1, 0.15) is 16.5 Å². The highest BCUT2D eigenvalue weighted by Gasteiger charge is 2.38. The zero-order chi connectivity index (χ0) is 24.2. The van der Waals surface area contributed by atoms with E-state index < -0.39 is 11.8 Å². The molecule has 0 aliphatic carbocycles. The van der Waals surface area contributed by atoms with Crippen molar-refractivity contribution in [1.82, 2.24) is 0 Å². The third-order valence-electron chi connectivity index (χ3n) is 5.37. The van der Waals surface area contributed by atoms with Crippen LogP contribution in [0.1, 0.15) is 22.8 Å². The topological polar surface area (TPSA) is 87.7 Å². The molecule has 3 amide bonds. The molecule has 1 aliphatic heterocycles. The van der Waals surface area contributed by atoms with Crippen LogP contribution >= 0.6 is 11.6 Å². The molecule has 1 heterocycles. The number of amides is 3. The van der Waals surface area contributed by atoms with Gasteiger partial charge in [-0.05, 0) is 60.5 Å². The molecule has 7 nitrogen and oxygen atoms in total. The van der Waals surface area contributed by atoms with Crippen molar-refractivity contribution in [2.24, 2.45) is 0 Å². The monoisotopic (exact) mass is 475 g/mol. The van der Waals surface area contributed by atoms with Gasteiger partial charge in [-0.2, -0.15) is 0 Å². The molecule has 8 heteroatoms. The first-order chi connectivity index (χ1) is 16.4. The minimum Gasteiger partial charge on any atom is -0.497 e. The van der Waals surface area contributed by atoms with Crippen LogP contribution in [0.3, 0.4) is 0 Å². The number of nitrogens with zero attached hydrogens (tertiary/aromatic N) is 1. The Labute approximate surface area is 202 Å². The summed E-state index contributed by atoms with van der Waals surface area (Å²) in [6.45, 7) is 2.02. The summed E-state index contributed by atoms with van der Waals surface area (Å²) in [5.74, 6) is -0.800. The summed E-state index contributed by atoms with van der Waals surface area (Å²) >= 11 is 6.20. The number of nitrogens with one attached hydrogen (secondary N) is 2. The van der Waals surface area contributed by atoms with Crippen LogP contribution in [-0.2, 0) is 16.0 Å². The van der Waals surface area contributed by atoms with E-state index in [1.165, 1.54) is 0 Å². The molecular weight excluding hydrogens is 454 g/mol. The van der Waals surface area contributed by atoms with Crippen molar-refractivity contribution in [3.8, 4) is 5.75 Å². The second-order valence-electron chi connectivity index (χ2n) is 7.54. The molecule has 172 valence electrons. The molecule has 3 aromatic carbocycles. The highest BCUT2D eigenvalue weighted by Crippen LogP contribution is 2.30. The number of rotatable bonds is 7. The highest BCUT2D eigenvalue weighted by atomic mass is 35.5. The third kappa shape index (κ3) is 4.65. The first kappa shape index (κ1) is 23.1. The van der Waals surface area contributed by atoms with Gasteiger partial charge in [0.15, 0.2) is 0 Å². The van der Waals surface area contributed by atoms with Crippen molar-refractivity contribution in [3.63, 3.8) is 0 Å². The number of ether oxygens (including phenoxy) is 1. The zero-order valence-electron chi connectivity index (χ0n) is 18.6. The van der Waals surface area contributed by atoms with Crippen molar-refractivity contribution in [3.05, 3.63) is 94.7 Å². The fourth-order valence-electron chi connectivity index (χ4n) is 3.48. The maximum Gasteiger partial charge on any atom is 0.283 e. The Balaban J connectivity index is 1.46. The van der Waals surface area contributed by atoms with E-state index in [9.17, 15) is 14.4 Å². The van der Waals surface area contributed by atoms with Crippen molar-refractivity contribution < 1.29 is 19.1 Å². The average molecular weight is 476 g/mol. The molecule has 4 rings (SSSR count). The van der Waals surface area contributed by atoms with Crippen molar-refractivity contribution in [2.45, 2.75) is 13.3 Å². The van der Waals surface area contributed by atoms with Crippen molar-refractivity contribution in [1.29, 1.82) is 0 Å². The normalized spacial score (nSPS) is 13.3. The quantitative estimate of drug-likeness (QED) is 0.472. The third-order valence-corrected chi connectivity index (χ3v) is 5.72. The van der Waals surface area contributed by atoms with Crippen LogP contribution in [0.15, 0.2) is 83.5 Å². The van der Waals surface area contributed by atoms with Gasteiger partial charge in [-0.15, -0.1) is 0 Å². The van der Waals surface area contributed by atoms with Crippen molar-refractivity contribution in [2.75, 3.05) is 22.6 Å². The predicted molar refractivity (Wildman–Crippen MR) is 132 cm³/mol. The Bertz CT molecular complexity index is 1280. The van der Waals surface area contributed by atoms with Gasteiger partial charge in [0, 0.05) is 23.0 Å². The Kier molecular flexibility index (Phi) is 6.65. The second kappa shape index (κ2) is 9.80. The molecule has 0 fully saturated rings. The first-order valence-corrected chi connectivity index (χ1v) is 11.0. The molecule has 0 bridgehead atoms. The number of anilines is 3. The number of imide groups is 1. The fraction of sp³-hybridized carbons (Fsp3) is 0.115. The van der Waals surface area contributed by atoms with Gasteiger partial charge in [0.25, 0.3) is 17.7 Å². The zero-order valence-corrected chi connectivity index (χ0v) is 19.3. The molecule has 0 spiro atoms. The largest absolute Gasteiger partial charge is 0.497 e. The number of carbonyl (C=O) groups is 3. The lowest BCUT2D eigenvalue weighted by Gasteiger charge is -2.15. The number of hydrogen-bond acceptors (Lipinski definition) is 5. The van der Waals surface area contributed by atoms with Gasteiger partial charge in [0.2, 0.25) is 0 Å². The van der Waals surface area contributed by atoms with E-state index in [1.54, 1.807) is 67.8 Å². The van der Waals surface area contributed by atoms with Crippen LogP contribution in [0, 0.1) is 0 Å². The van der Waals surface area contributed by atoms with Crippen molar-refractivity contribution >= 4 is 46.4 Å². The van der Waals surface area contributed by atoms with E-state index in [2.05, 4.69) is 10.6 Å². The van der Waals surface area contributed by atoms with Crippen LogP contribution in [0.2, 0.25) is 0 Å². The SMILES string of the molecule is CCc1ccc(N2C(=O)C(Cl)=C(Nc3ccc(C(=O)Nc4cccc(OC)c4)cc3)C2=O)cc1. The Morgan fingerprint density at radius 1 is 0.941 bits per heavy atom. The smallest absolute Gasteiger partial charge is 0.283 e. The molecule has 0 saturated carbocycles. The summed E-state index contributed by atoms with van der Waals surface area (Å²) < 4.78 is 5.16. The molecule has 0 atom stereocenters. The molecular formula is C26H22ClN3O4. The first-order valence-electron chi connectivity index (χ1n) is 10.6. The Hall–Kier alpha value is -4.10. The van der Waals surface area contributed by atoms with E-state index in [1.807, 2.05) is 19.1 Å². The highest BCUT2D eigenvalue weighted by molar-refractivity contribution is 6.53. The van der Waals surface area contributed by atoms with E-state index in [4.69, 9.17) is 16.3 Å². The summed E-state index contributed by atoms with van der Waals surface area (Å²) in [4.78, 5) is 39.2. The minimum absolute atomic E-state index is 0.0141. The summed E-state index contributed by atoms with van der Waals surface area (Å²) in [7, 11) is 1.55. The number of carbonyl (C=O) groups excluding carboxylic acids is 3. The Morgan fingerprint density at radius 3 is 2.29 bits per heavy atom. The van der Waals surface area contributed by atoms with Crippen LogP contribution in [-0.4, -0.2) is 24.8 Å². The molecule has 0 aromatic heterocycles. The maximum atomic E-state index is 12.9. The number of methoxy groups -OCH3 is 1. The Morgan fingerprint density at radius 2 is 1.65 bits per heavy atom. The number of halogens is 1. The molecule has 0 radical (unpaired) electrons. The lowest BCUT2D eigenvalue weighted by molar-refractivity contribution is -0.120. The van der Waals surface area contributed by atoms with Crippen LogP contribution in [0.5, 0.6) is 5.75 Å². The summed E-state index contributed by atoms with van der Waals surface area (Å²) in [6.07, 6.45) is 0.849. The second-order valence-corrected chi connectivity index (χ2v) is 7.92. The van der Waals surface area contributed by atoms with Crippen LogP contribution in [0.25, 0.3) is 0 Å². The standard InChI is InChI=1S/C26H22ClN3O4/c1-3-16-7-13-20(14-8-16)30-25(32)22(27)23(26(30)33)28-18-11-9-17(10-12-18)24(31)29-19-5-4-6-21(15-19)34-2/h4-15,28H,3H2,1-2H3,(H,29,31). The van der Waals surface area contributed by atoms with Gasteiger partial charge >= 0.3 is 0 Å². The van der Waals surface area contributed by atoms with E-state index in [-0.39, 0.29) is 16.6 Å². The van der Waals surface area contributed by atoms with Gasteiger partial charge in [-0.1, -0.05) is 36.7 Å².